The van der Waals surface area contributed by atoms with Crippen molar-refractivity contribution in [3.05, 3.63) is 53.2 Å². The van der Waals surface area contributed by atoms with Gasteiger partial charge in [0.2, 0.25) is 5.91 Å². The quantitative estimate of drug-likeness (QED) is 0.247. The molecule has 4 aromatic rings. The van der Waals surface area contributed by atoms with E-state index < -0.39 is 0 Å². The van der Waals surface area contributed by atoms with Crippen LogP contribution >= 0.6 is 11.3 Å². The second-order valence-corrected chi connectivity index (χ2v) is 9.94. The molecule has 11 heteroatoms. The van der Waals surface area contributed by atoms with Crippen molar-refractivity contribution in [3.63, 3.8) is 0 Å². The van der Waals surface area contributed by atoms with Gasteiger partial charge in [-0.1, -0.05) is 0 Å². The Morgan fingerprint density at radius 1 is 1.42 bits per heavy atom. The van der Waals surface area contributed by atoms with E-state index in [1.807, 2.05) is 22.7 Å². The smallest absolute Gasteiger partial charge is 0.225 e. The maximum Gasteiger partial charge on any atom is 0.225 e. The third-order valence-corrected chi connectivity index (χ3v) is 7.80. The molecule has 4 N–H and O–H groups in total. The molecule has 0 radical (unpaired) electrons. The number of thiophene rings is 1. The summed E-state index contributed by atoms with van der Waals surface area (Å²) in [7, 11) is 3.45. The molecule has 186 valence electrons. The number of nitrogens with one attached hydrogen (secondary N) is 2. The molecule has 0 saturated heterocycles. The summed E-state index contributed by atoms with van der Waals surface area (Å²) < 4.78 is 7.48. The van der Waals surface area contributed by atoms with Crippen molar-refractivity contribution in [1.82, 2.24) is 24.4 Å². The lowest BCUT2D eigenvalue weighted by atomic mass is 9.87. The number of amides is 1. The molecule has 1 aromatic carbocycles. The highest BCUT2D eigenvalue weighted by atomic mass is 32.1. The van der Waals surface area contributed by atoms with Gasteiger partial charge in [0.15, 0.2) is 0 Å². The monoisotopic (exact) mass is 504 g/mol. The Morgan fingerprint density at radius 2 is 2.28 bits per heavy atom. The molecule has 0 fully saturated rings. The number of benzene rings is 1. The van der Waals surface area contributed by atoms with E-state index in [2.05, 4.69) is 20.3 Å². The maximum atomic E-state index is 13.2. The number of fused-ring (bicyclic) bond motifs is 3. The predicted molar refractivity (Wildman–Crippen MR) is 141 cm³/mol. The number of ether oxygens (including phenoxy) is 1. The van der Waals surface area contributed by atoms with E-state index in [-0.39, 0.29) is 11.8 Å². The first-order valence-corrected chi connectivity index (χ1v) is 12.5. The highest BCUT2D eigenvalue weighted by Crippen LogP contribution is 2.41. The Labute approximate surface area is 212 Å². The first-order valence-electron chi connectivity index (χ1n) is 11.7. The van der Waals surface area contributed by atoms with Crippen LogP contribution in [-0.4, -0.2) is 57.2 Å². The van der Waals surface area contributed by atoms with E-state index in [0.29, 0.717) is 41.5 Å². The minimum absolute atomic E-state index is 0.0462. The topological polar surface area (TPSA) is 135 Å². The first-order chi connectivity index (χ1) is 17.5. The minimum atomic E-state index is -0.0462. The van der Waals surface area contributed by atoms with E-state index in [9.17, 15) is 4.79 Å². The fourth-order valence-corrected chi connectivity index (χ4v) is 5.92. The number of likely N-dealkylation sites (N-methyl/N-ethyl adjacent to an activating group) is 1. The van der Waals surface area contributed by atoms with Crippen LogP contribution in [-0.2, 0) is 24.2 Å². The van der Waals surface area contributed by atoms with Crippen molar-refractivity contribution in [2.24, 2.45) is 5.92 Å². The standard InChI is InChI=1S/C25H28N8O2S/c1-32(7-8-33-6-5-28-14-33)25(34)15-3-4-17-21(10-15)36-24-22(17)23(29-13-30-24)31-19-9-16(12-26)18(27)11-20(19)35-2/h5-6,9,11-15,26H,3-4,7-8,10,27H2,1-2H3,(H,29,30,31). The summed E-state index contributed by atoms with van der Waals surface area (Å²) in [4.78, 5) is 30.2. The molecule has 1 aliphatic rings. The average Bonchev–Trinajstić information content (AvgIpc) is 3.55. The molecule has 3 heterocycles. The molecule has 0 aliphatic heterocycles. The molecule has 10 nitrogen and oxygen atoms in total. The molecule has 1 amide bonds. The van der Waals surface area contributed by atoms with Gasteiger partial charge in [-0.25, -0.2) is 15.0 Å². The second-order valence-electron chi connectivity index (χ2n) is 8.86. The summed E-state index contributed by atoms with van der Waals surface area (Å²) in [5, 5.41) is 12.0. The number of rotatable bonds is 8. The summed E-state index contributed by atoms with van der Waals surface area (Å²) >= 11 is 1.63. The van der Waals surface area contributed by atoms with Crippen LogP contribution in [0.25, 0.3) is 10.2 Å². The van der Waals surface area contributed by atoms with Crippen molar-refractivity contribution in [1.29, 1.82) is 5.41 Å². The average molecular weight is 505 g/mol. The maximum absolute atomic E-state index is 13.2. The van der Waals surface area contributed by atoms with Crippen molar-refractivity contribution in [2.75, 3.05) is 31.8 Å². The van der Waals surface area contributed by atoms with Crippen LogP contribution in [0, 0.1) is 11.3 Å². The Bertz CT molecular complexity index is 1420. The number of hydrogen-bond donors (Lipinski definition) is 3. The molecule has 0 saturated carbocycles. The van der Waals surface area contributed by atoms with E-state index in [1.165, 1.54) is 16.7 Å². The third kappa shape index (κ3) is 4.49. The highest BCUT2D eigenvalue weighted by Gasteiger charge is 2.30. The summed E-state index contributed by atoms with van der Waals surface area (Å²) in [5.41, 5.74) is 8.96. The number of aryl methyl sites for hydroxylation is 1. The molecule has 0 spiro atoms. The van der Waals surface area contributed by atoms with Crippen LogP contribution in [0.5, 0.6) is 5.75 Å². The zero-order chi connectivity index (χ0) is 25.2. The van der Waals surface area contributed by atoms with Gasteiger partial charge in [0.1, 0.15) is 22.7 Å². The third-order valence-electron chi connectivity index (χ3n) is 6.64. The number of nitrogens with zero attached hydrogens (tertiary/aromatic N) is 5. The number of nitrogens with two attached hydrogens (primary N) is 1. The van der Waals surface area contributed by atoms with Crippen LogP contribution in [0.3, 0.4) is 0 Å². The van der Waals surface area contributed by atoms with Crippen molar-refractivity contribution >= 4 is 50.9 Å². The number of methoxy groups -OCH3 is 1. The van der Waals surface area contributed by atoms with Gasteiger partial charge in [-0.2, -0.15) is 0 Å². The van der Waals surface area contributed by atoms with Crippen LogP contribution in [0.1, 0.15) is 22.4 Å². The van der Waals surface area contributed by atoms with Gasteiger partial charge in [-0.15, -0.1) is 11.3 Å². The van der Waals surface area contributed by atoms with Gasteiger partial charge in [-0.3, -0.25) is 4.79 Å². The molecule has 0 bridgehead atoms. The summed E-state index contributed by atoms with van der Waals surface area (Å²) in [5.74, 6) is 1.38. The van der Waals surface area contributed by atoms with Crippen LogP contribution in [0.15, 0.2) is 37.2 Å². The zero-order valence-corrected chi connectivity index (χ0v) is 21.0. The van der Waals surface area contributed by atoms with Gasteiger partial charge in [-0.05, 0) is 30.9 Å². The van der Waals surface area contributed by atoms with Crippen molar-refractivity contribution < 1.29 is 9.53 Å². The van der Waals surface area contributed by atoms with Gasteiger partial charge in [0.25, 0.3) is 0 Å². The Kier molecular flexibility index (Phi) is 6.55. The normalized spacial score (nSPS) is 14.9. The molecule has 36 heavy (non-hydrogen) atoms. The minimum Gasteiger partial charge on any atom is -0.494 e. The highest BCUT2D eigenvalue weighted by molar-refractivity contribution is 7.19. The second kappa shape index (κ2) is 9.94. The zero-order valence-electron chi connectivity index (χ0n) is 20.2. The molecule has 3 aromatic heterocycles. The van der Waals surface area contributed by atoms with Gasteiger partial charge < -0.3 is 30.7 Å². The van der Waals surface area contributed by atoms with E-state index in [4.69, 9.17) is 15.9 Å². The van der Waals surface area contributed by atoms with Crippen molar-refractivity contribution in [3.8, 4) is 5.75 Å². The molecule has 1 atom stereocenters. The first kappa shape index (κ1) is 23.7. The molecule has 5 rings (SSSR count). The lowest BCUT2D eigenvalue weighted by Crippen LogP contribution is -2.37. The van der Waals surface area contributed by atoms with Gasteiger partial charge >= 0.3 is 0 Å². The summed E-state index contributed by atoms with van der Waals surface area (Å²) in [6.07, 6.45) is 10.4. The number of imidazole rings is 1. The molecular formula is C25H28N8O2S. The number of nitrogen functional groups attached to an aromatic ring is 1. The predicted octanol–water partition coefficient (Wildman–Crippen LogP) is 3.48. The van der Waals surface area contributed by atoms with Gasteiger partial charge in [0, 0.05) is 66.9 Å². The number of carbonyl (C=O) groups is 1. The van der Waals surface area contributed by atoms with E-state index in [0.717, 1.165) is 29.6 Å². The van der Waals surface area contributed by atoms with Gasteiger partial charge in [0.05, 0.1) is 24.5 Å². The fourth-order valence-electron chi connectivity index (χ4n) is 4.65. The Morgan fingerprint density at radius 3 is 3.03 bits per heavy atom. The summed E-state index contributed by atoms with van der Waals surface area (Å²) in [6.45, 7) is 1.37. The number of hydrogen-bond acceptors (Lipinski definition) is 9. The molecule has 1 aliphatic carbocycles. The van der Waals surface area contributed by atoms with Crippen LogP contribution in [0.4, 0.5) is 17.2 Å². The molecule has 1 unspecified atom stereocenters. The van der Waals surface area contributed by atoms with E-state index in [1.54, 1.807) is 49.4 Å². The fraction of sp³-hybridized carbons (Fsp3) is 0.320. The number of anilines is 3. The lowest BCUT2D eigenvalue weighted by molar-refractivity contribution is -0.134. The Hall–Kier alpha value is -3.99. The SMILES string of the molecule is COc1cc(N)c(C=N)cc1Nc1ncnc2sc3c(c12)CCC(C(=O)N(C)CCn1ccnc1)C3. The summed E-state index contributed by atoms with van der Waals surface area (Å²) in [6, 6.07) is 3.48. The number of aromatic nitrogens is 4. The largest absolute Gasteiger partial charge is 0.494 e. The number of carbonyl (C=O) groups excluding carboxylic acids is 1. The lowest BCUT2D eigenvalue weighted by Gasteiger charge is -2.27. The Balaban J connectivity index is 1.38. The van der Waals surface area contributed by atoms with Crippen LogP contribution < -0.4 is 15.8 Å². The van der Waals surface area contributed by atoms with E-state index >= 15 is 0 Å². The molecular weight excluding hydrogens is 476 g/mol. The van der Waals surface area contributed by atoms with Crippen molar-refractivity contribution in [2.45, 2.75) is 25.8 Å². The van der Waals surface area contributed by atoms with Crippen LogP contribution in [0.2, 0.25) is 0 Å².